The van der Waals surface area contributed by atoms with Gasteiger partial charge in [0.1, 0.15) is 5.82 Å². The summed E-state index contributed by atoms with van der Waals surface area (Å²) < 4.78 is 1.91. The molecule has 140 valence electrons. The first-order chi connectivity index (χ1) is 13.0. The Morgan fingerprint density at radius 3 is 2.81 bits per heavy atom. The Labute approximate surface area is 163 Å². The first kappa shape index (κ1) is 17.8. The van der Waals surface area contributed by atoms with E-state index in [0.717, 1.165) is 59.4 Å². The van der Waals surface area contributed by atoms with Crippen molar-refractivity contribution in [1.82, 2.24) is 19.9 Å². The van der Waals surface area contributed by atoms with Gasteiger partial charge in [0.2, 0.25) is 5.91 Å². The van der Waals surface area contributed by atoms with Crippen molar-refractivity contribution in [3.8, 4) is 0 Å². The van der Waals surface area contributed by atoms with Crippen LogP contribution < -0.4 is 10.2 Å². The lowest BCUT2D eigenvalue weighted by Gasteiger charge is -2.20. The number of rotatable bonds is 4. The molecule has 2 aromatic heterocycles. The highest BCUT2D eigenvalue weighted by atomic mass is 35.5. The summed E-state index contributed by atoms with van der Waals surface area (Å²) in [6, 6.07) is 12.1. The van der Waals surface area contributed by atoms with E-state index in [2.05, 4.69) is 21.3 Å². The number of carbonyl (C=O) groups excluding carboxylic acids is 1. The molecule has 1 aliphatic heterocycles. The highest BCUT2D eigenvalue weighted by Gasteiger charge is 2.25. The fourth-order valence-electron chi connectivity index (χ4n) is 3.62. The number of fused-ring (bicyclic) bond motifs is 1. The number of halogens is 1. The standard InChI is InChI=1S/C20H22ClN5O/c1-13-9-20(25-8-7-17(12-25)23-14(2)27)26-19(22-13)11-18(24-26)10-15-3-5-16(21)6-4-15/h3-6,9,11,17H,7-8,10,12H2,1-2H3,(H,23,27)/t17-/m1/s1. The Kier molecular flexibility index (Phi) is 4.74. The highest BCUT2D eigenvalue weighted by Crippen LogP contribution is 2.23. The van der Waals surface area contributed by atoms with E-state index in [4.69, 9.17) is 16.7 Å². The number of nitrogens with one attached hydrogen (secondary N) is 1. The van der Waals surface area contributed by atoms with Gasteiger partial charge in [-0.25, -0.2) is 4.98 Å². The normalized spacial score (nSPS) is 16.9. The van der Waals surface area contributed by atoms with Gasteiger partial charge >= 0.3 is 0 Å². The third kappa shape index (κ3) is 3.90. The Hall–Kier alpha value is -2.60. The highest BCUT2D eigenvalue weighted by molar-refractivity contribution is 6.30. The summed E-state index contributed by atoms with van der Waals surface area (Å²) in [6.45, 7) is 5.23. The summed E-state index contributed by atoms with van der Waals surface area (Å²) in [5.41, 5.74) is 3.93. The van der Waals surface area contributed by atoms with Crippen LogP contribution in [0.5, 0.6) is 0 Å². The van der Waals surface area contributed by atoms with Crippen molar-refractivity contribution in [3.63, 3.8) is 0 Å². The van der Waals surface area contributed by atoms with Gasteiger partial charge in [0.15, 0.2) is 5.65 Å². The summed E-state index contributed by atoms with van der Waals surface area (Å²) in [6.07, 6.45) is 1.66. The summed E-state index contributed by atoms with van der Waals surface area (Å²) in [4.78, 5) is 18.2. The van der Waals surface area contributed by atoms with Gasteiger partial charge in [-0.15, -0.1) is 0 Å². The van der Waals surface area contributed by atoms with E-state index in [9.17, 15) is 4.79 Å². The number of hydrogen-bond acceptors (Lipinski definition) is 4. The first-order valence-electron chi connectivity index (χ1n) is 9.11. The molecule has 1 fully saturated rings. The number of benzene rings is 1. The zero-order chi connectivity index (χ0) is 19.0. The van der Waals surface area contributed by atoms with Crippen molar-refractivity contribution in [1.29, 1.82) is 0 Å². The largest absolute Gasteiger partial charge is 0.354 e. The van der Waals surface area contributed by atoms with Crippen LogP contribution in [-0.2, 0) is 11.2 Å². The summed E-state index contributed by atoms with van der Waals surface area (Å²) in [7, 11) is 0. The van der Waals surface area contributed by atoms with Crippen LogP contribution >= 0.6 is 11.6 Å². The monoisotopic (exact) mass is 383 g/mol. The molecular weight excluding hydrogens is 362 g/mol. The zero-order valence-corrected chi connectivity index (χ0v) is 16.2. The lowest BCUT2D eigenvalue weighted by Crippen LogP contribution is -2.36. The minimum Gasteiger partial charge on any atom is -0.354 e. The molecule has 1 atom stereocenters. The van der Waals surface area contributed by atoms with Gasteiger partial charge in [-0.3, -0.25) is 4.79 Å². The van der Waals surface area contributed by atoms with Crippen LogP contribution in [0.25, 0.3) is 5.65 Å². The van der Waals surface area contributed by atoms with Crippen molar-refractivity contribution >= 4 is 29.0 Å². The van der Waals surface area contributed by atoms with Crippen molar-refractivity contribution < 1.29 is 4.79 Å². The Morgan fingerprint density at radius 2 is 2.07 bits per heavy atom. The van der Waals surface area contributed by atoms with Gasteiger partial charge in [-0.1, -0.05) is 23.7 Å². The molecule has 27 heavy (non-hydrogen) atoms. The van der Waals surface area contributed by atoms with E-state index < -0.39 is 0 Å². The van der Waals surface area contributed by atoms with Gasteiger partial charge in [-0.05, 0) is 31.0 Å². The molecule has 0 bridgehead atoms. The molecule has 0 radical (unpaired) electrons. The van der Waals surface area contributed by atoms with Crippen LogP contribution in [0.2, 0.25) is 5.02 Å². The van der Waals surface area contributed by atoms with Gasteiger partial charge in [0.05, 0.1) is 5.69 Å². The summed E-state index contributed by atoms with van der Waals surface area (Å²) in [5, 5.41) is 8.54. The first-order valence-corrected chi connectivity index (χ1v) is 9.48. The maximum atomic E-state index is 11.3. The molecule has 1 aromatic carbocycles. The van der Waals surface area contributed by atoms with E-state index >= 15 is 0 Å². The number of nitrogens with zero attached hydrogens (tertiary/aromatic N) is 4. The Bertz CT molecular complexity index is 982. The zero-order valence-electron chi connectivity index (χ0n) is 15.4. The maximum Gasteiger partial charge on any atom is 0.217 e. The topological polar surface area (TPSA) is 62.5 Å². The summed E-state index contributed by atoms with van der Waals surface area (Å²) >= 11 is 5.97. The number of carbonyl (C=O) groups is 1. The molecule has 0 unspecified atom stereocenters. The minimum atomic E-state index is 0.0160. The number of aryl methyl sites for hydroxylation is 1. The van der Waals surface area contributed by atoms with E-state index in [1.54, 1.807) is 6.92 Å². The van der Waals surface area contributed by atoms with Crippen LogP contribution in [0.3, 0.4) is 0 Å². The van der Waals surface area contributed by atoms with Crippen LogP contribution in [0.4, 0.5) is 5.82 Å². The average molecular weight is 384 g/mol. The second-order valence-corrected chi connectivity index (χ2v) is 7.53. The van der Waals surface area contributed by atoms with Crippen molar-refractivity contribution in [3.05, 3.63) is 58.4 Å². The van der Waals surface area contributed by atoms with Crippen molar-refractivity contribution in [2.45, 2.75) is 32.7 Å². The molecule has 0 saturated carbocycles. The van der Waals surface area contributed by atoms with E-state index in [1.807, 2.05) is 41.8 Å². The molecule has 0 aliphatic carbocycles. The maximum absolute atomic E-state index is 11.3. The van der Waals surface area contributed by atoms with Crippen LogP contribution in [-0.4, -0.2) is 39.6 Å². The van der Waals surface area contributed by atoms with Crippen LogP contribution in [0.1, 0.15) is 30.3 Å². The van der Waals surface area contributed by atoms with E-state index in [1.165, 1.54) is 0 Å². The molecule has 1 saturated heterocycles. The molecule has 4 rings (SSSR count). The van der Waals surface area contributed by atoms with Crippen molar-refractivity contribution in [2.75, 3.05) is 18.0 Å². The predicted molar refractivity (Wildman–Crippen MR) is 106 cm³/mol. The minimum absolute atomic E-state index is 0.0160. The van der Waals surface area contributed by atoms with Gasteiger partial charge in [-0.2, -0.15) is 9.61 Å². The molecule has 1 aliphatic rings. The molecule has 7 heteroatoms. The van der Waals surface area contributed by atoms with Crippen LogP contribution in [0, 0.1) is 6.92 Å². The molecule has 0 spiro atoms. The lowest BCUT2D eigenvalue weighted by molar-refractivity contribution is -0.119. The van der Waals surface area contributed by atoms with Gasteiger partial charge in [0, 0.05) is 55.3 Å². The number of aromatic nitrogens is 3. The second kappa shape index (κ2) is 7.19. The third-order valence-electron chi connectivity index (χ3n) is 4.81. The molecule has 3 heterocycles. The van der Waals surface area contributed by atoms with Crippen molar-refractivity contribution in [2.24, 2.45) is 0 Å². The van der Waals surface area contributed by atoms with Gasteiger partial charge < -0.3 is 10.2 Å². The summed E-state index contributed by atoms with van der Waals surface area (Å²) in [5.74, 6) is 1.04. The Balaban J connectivity index is 1.62. The molecule has 1 amide bonds. The second-order valence-electron chi connectivity index (χ2n) is 7.10. The van der Waals surface area contributed by atoms with E-state index in [0.29, 0.717) is 0 Å². The van der Waals surface area contributed by atoms with Crippen LogP contribution in [0.15, 0.2) is 36.4 Å². The molecule has 6 nitrogen and oxygen atoms in total. The molecule has 3 aromatic rings. The average Bonchev–Trinajstić information content (AvgIpc) is 3.22. The predicted octanol–water partition coefficient (Wildman–Crippen LogP) is 3.00. The third-order valence-corrected chi connectivity index (χ3v) is 5.06. The fourth-order valence-corrected chi connectivity index (χ4v) is 3.75. The number of hydrogen-bond donors (Lipinski definition) is 1. The quantitative estimate of drug-likeness (QED) is 0.752. The number of anilines is 1. The fraction of sp³-hybridized carbons (Fsp3) is 0.350. The lowest BCUT2D eigenvalue weighted by atomic mass is 10.1. The molecular formula is C20H22ClN5O. The number of amides is 1. The smallest absolute Gasteiger partial charge is 0.217 e. The SMILES string of the molecule is CC(=O)N[C@@H]1CCN(c2cc(C)nc3cc(Cc4ccc(Cl)cc4)nn23)C1. The van der Waals surface area contributed by atoms with Gasteiger partial charge in [0.25, 0.3) is 0 Å². The molecule has 1 N–H and O–H groups in total. The van der Waals surface area contributed by atoms with E-state index in [-0.39, 0.29) is 11.9 Å². The Morgan fingerprint density at radius 1 is 1.30 bits per heavy atom.